The van der Waals surface area contributed by atoms with Crippen LogP contribution in [0, 0.1) is 0 Å². The van der Waals surface area contributed by atoms with Gasteiger partial charge in [-0.05, 0) is 43.5 Å². The van der Waals surface area contributed by atoms with Crippen LogP contribution in [-0.4, -0.2) is 35.5 Å². The lowest BCUT2D eigenvalue weighted by Gasteiger charge is -2.32. The van der Waals surface area contributed by atoms with Gasteiger partial charge in [-0.25, -0.2) is 0 Å². The first-order chi connectivity index (χ1) is 9.17. The molecule has 2 N–H and O–H groups in total. The summed E-state index contributed by atoms with van der Waals surface area (Å²) in [5, 5.41) is 12.1. The highest BCUT2D eigenvalue weighted by Crippen LogP contribution is 2.32. The van der Waals surface area contributed by atoms with Gasteiger partial charge in [0, 0.05) is 13.1 Å². The zero-order chi connectivity index (χ0) is 13.8. The van der Waals surface area contributed by atoms with Crippen molar-refractivity contribution in [3.63, 3.8) is 0 Å². The second-order valence-electron chi connectivity index (χ2n) is 5.03. The molecule has 1 fully saturated rings. The Bertz CT molecular complexity index is 430. The van der Waals surface area contributed by atoms with Crippen LogP contribution in [0.15, 0.2) is 24.3 Å². The Morgan fingerprint density at radius 2 is 2.16 bits per heavy atom. The molecule has 0 bridgehead atoms. The number of likely N-dealkylation sites (N-methyl/N-ethyl adjacent to an activating group) is 1. The molecule has 1 aromatic rings. The molecule has 1 aliphatic rings. The van der Waals surface area contributed by atoms with Gasteiger partial charge in [0.1, 0.15) is 5.75 Å². The Hall–Kier alpha value is -1.55. The van der Waals surface area contributed by atoms with Crippen molar-refractivity contribution >= 4 is 5.91 Å². The summed E-state index contributed by atoms with van der Waals surface area (Å²) in [6.45, 7) is 3.09. The number of likely N-dealkylation sites (tertiary alicyclic amines) is 1. The van der Waals surface area contributed by atoms with Gasteiger partial charge in [-0.2, -0.15) is 0 Å². The van der Waals surface area contributed by atoms with Gasteiger partial charge in [0.2, 0.25) is 5.91 Å². The molecular weight excluding hydrogens is 240 g/mol. The van der Waals surface area contributed by atoms with Crippen molar-refractivity contribution < 1.29 is 9.90 Å². The number of rotatable bonds is 4. The van der Waals surface area contributed by atoms with Crippen LogP contribution in [-0.2, 0) is 4.79 Å². The lowest BCUT2D eigenvalue weighted by molar-refractivity contribution is -0.125. The number of hydrogen-bond acceptors (Lipinski definition) is 3. The monoisotopic (exact) mass is 262 g/mol. The predicted molar refractivity (Wildman–Crippen MR) is 74.9 cm³/mol. The van der Waals surface area contributed by atoms with Crippen LogP contribution in [0.1, 0.15) is 37.8 Å². The van der Waals surface area contributed by atoms with Crippen LogP contribution in [0.2, 0.25) is 0 Å². The summed E-state index contributed by atoms with van der Waals surface area (Å²) in [7, 11) is 1.69. The third-order valence-electron chi connectivity index (χ3n) is 3.91. The molecule has 1 saturated heterocycles. The topological polar surface area (TPSA) is 52.6 Å². The molecular formula is C15H22N2O2. The van der Waals surface area contributed by atoms with Gasteiger partial charge in [0.05, 0.1) is 6.04 Å². The number of phenols is 1. The van der Waals surface area contributed by atoms with Crippen molar-refractivity contribution in [2.75, 3.05) is 13.6 Å². The number of carbonyl (C=O) groups is 1. The molecule has 1 amide bonds. The van der Waals surface area contributed by atoms with E-state index in [1.807, 2.05) is 12.1 Å². The molecule has 1 aliphatic heterocycles. The molecule has 0 aliphatic carbocycles. The first kappa shape index (κ1) is 13.9. The standard InChI is InChI=1S/C15H22N2O2/c1-3-13(11-6-8-12(18)9-7-11)17-10-4-5-14(17)15(19)16-2/h6-9,13-14,18H,3-5,10H2,1-2H3,(H,16,19). The summed E-state index contributed by atoms with van der Waals surface area (Å²) >= 11 is 0. The van der Waals surface area contributed by atoms with Crippen molar-refractivity contribution in [1.29, 1.82) is 0 Å². The highest BCUT2D eigenvalue weighted by molar-refractivity contribution is 5.81. The highest BCUT2D eigenvalue weighted by Gasteiger charge is 2.34. The maximum absolute atomic E-state index is 11.9. The summed E-state index contributed by atoms with van der Waals surface area (Å²) in [4.78, 5) is 14.2. The molecule has 104 valence electrons. The van der Waals surface area contributed by atoms with Crippen molar-refractivity contribution in [2.45, 2.75) is 38.3 Å². The number of hydrogen-bond donors (Lipinski definition) is 2. The minimum atomic E-state index is -0.0243. The van der Waals surface area contributed by atoms with Gasteiger partial charge in [0.15, 0.2) is 0 Å². The Morgan fingerprint density at radius 1 is 1.47 bits per heavy atom. The average molecular weight is 262 g/mol. The summed E-state index contributed by atoms with van der Waals surface area (Å²) < 4.78 is 0. The van der Waals surface area contributed by atoms with E-state index in [0.717, 1.165) is 31.4 Å². The lowest BCUT2D eigenvalue weighted by atomic mass is 10.0. The van der Waals surface area contributed by atoms with E-state index in [9.17, 15) is 9.90 Å². The minimum Gasteiger partial charge on any atom is -0.508 e. The zero-order valence-corrected chi connectivity index (χ0v) is 11.6. The molecule has 4 heteroatoms. The lowest BCUT2D eigenvalue weighted by Crippen LogP contribution is -2.43. The summed E-state index contributed by atoms with van der Waals surface area (Å²) in [5.74, 6) is 0.387. The predicted octanol–water partition coefficient (Wildman–Crippen LogP) is 2.05. The number of amides is 1. The van der Waals surface area contributed by atoms with Gasteiger partial charge >= 0.3 is 0 Å². The largest absolute Gasteiger partial charge is 0.508 e. The maximum atomic E-state index is 11.9. The molecule has 0 saturated carbocycles. The second-order valence-corrected chi connectivity index (χ2v) is 5.03. The van der Waals surface area contributed by atoms with Gasteiger partial charge in [0.25, 0.3) is 0 Å². The molecule has 1 aromatic carbocycles. The SMILES string of the molecule is CCC(c1ccc(O)cc1)N1CCCC1C(=O)NC. The molecule has 1 heterocycles. The van der Waals surface area contributed by atoms with E-state index in [0.29, 0.717) is 0 Å². The Balaban J connectivity index is 2.21. The maximum Gasteiger partial charge on any atom is 0.237 e. The quantitative estimate of drug-likeness (QED) is 0.873. The third-order valence-corrected chi connectivity index (χ3v) is 3.91. The molecule has 2 unspecified atom stereocenters. The van der Waals surface area contributed by atoms with Gasteiger partial charge in [-0.3, -0.25) is 9.69 Å². The average Bonchev–Trinajstić information content (AvgIpc) is 2.90. The molecule has 0 radical (unpaired) electrons. The van der Waals surface area contributed by atoms with E-state index in [-0.39, 0.29) is 23.7 Å². The molecule has 0 aromatic heterocycles. The Labute approximate surface area is 114 Å². The van der Waals surface area contributed by atoms with Crippen molar-refractivity contribution in [1.82, 2.24) is 10.2 Å². The number of aromatic hydroxyl groups is 1. The molecule has 4 nitrogen and oxygen atoms in total. The number of benzene rings is 1. The number of phenolic OH excluding ortho intramolecular Hbond substituents is 1. The molecule has 0 spiro atoms. The highest BCUT2D eigenvalue weighted by atomic mass is 16.3. The van der Waals surface area contributed by atoms with E-state index < -0.39 is 0 Å². The van der Waals surface area contributed by atoms with Crippen molar-refractivity contribution in [2.24, 2.45) is 0 Å². The summed E-state index contributed by atoms with van der Waals surface area (Å²) in [6.07, 6.45) is 2.94. The second kappa shape index (κ2) is 6.06. The van der Waals surface area contributed by atoms with Crippen LogP contribution in [0.25, 0.3) is 0 Å². The minimum absolute atomic E-state index is 0.0243. The summed E-state index contributed by atoms with van der Waals surface area (Å²) in [6, 6.07) is 7.53. The zero-order valence-electron chi connectivity index (χ0n) is 11.6. The molecule has 2 rings (SSSR count). The fourth-order valence-electron chi connectivity index (χ4n) is 2.97. The van der Waals surface area contributed by atoms with E-state index in [4.69, 9.17) is 0 Å². The van der Waals surface area contributed by atoms with Gasteiger partial charge < -0.3 is 10.4 Å². The molecule has 2 atom stereocenters. The molecule has 19 heavy (non-hydrogen) atoms. The number of carbonyl (C=O) groups excluding carboxylic acids is 1. The Morgan fingerprint density at radius 3 is 2.74 bits per heavy atom. The fourth-order valence-corrected chi connectivity index (χ4v) is 2.97. The number of nitrogens with one attached hydrogen (secondary N) is 1. The van der Waals surface area contributed by atoms with Crippen LogP contribution < -0.4 is 5.32 Å². The first-order valence-electron chi connectivity index (χ1n) is 6.93. The van der Waals surface area contributed by atoms with E-state index in [2.05, 4.69) is 17.1 Å². The normalized spacial score (nSPS) is 21.3. The summed E-state index contributed by atoms with van der Waals surface area (Å²) in [5.41, 5.74) is 1.16. The van der Waals surface area contributed by atoms with Gasteiger partial charge in [-0.1, -0.05) is 19.1 Å². The van der Waals surface area contributed by atoms with Crippen LogP contribution in [0.4, 0.5) is 0 Å². The van der Waals surface area contributed by atoms with Gasteiger partial charge in [-0.15, -0.1) is 0 Å². The third kappa shape index (κ3) is 2.89. The van der Waals surface area contributed by atoms with Crippen LogP contribution in [0.3, 0.4) is 0 Å². The first-order valence-corrected chi connectivity index (χ1v) is 6.93. The van der Waals surface area contributed by atoms with E-state index in [1.54, 1.807) is 19.2 Å². The smallest absolute Gasteiger partial charge is 0.237 e. The Kier molecular flexibility index (Phi) is 4.43. The van der Waals surface area contributed by atoms with Crippen molar-refractivity contribution in [3.8, 4) is 5.75 Å². The van der Waals surface area contributed by atoms with E-state index in [1.165, 1.54) is 0 Å². The van der Waals surface area contributed by atoms with Crippen molar-refractivity contribution in [3.05, 3.63) is 29.8 Å². The van der Waals surface area contributed by atoms with E-state index >= 15 is 0 Å². The fraction of sp³-hybridized carbons (Fsp3) is 0.533. The van der Waals surface area contributed by atoms with Crippen LogP contribution >= 0.6 is 0 Å². The van der Waals surface area contributed by atoms with Crippen LogP contribution in [0.5, 0.6) is 5.75 Å². The number of nitrogens with zero attached hydrogens (tertiary/aromatic N) is 1.